The van der Waals surface area contributed by atoms with E-state index in [-0.39, 0.29) is 6.03 Å². The van der Waals surface area contributed by atoms with Crippen LogP contribution in [0.3, 0.4) is 0 Å². The van der Waals surface area contributed by atoms with Crippen LogP contribution in [0.2, 0.25) is 0 Å². The predicted molar refractivity (Wildman–Crippen MR) is 113 cm³/mol. The molecule has 8 heteroatoms. The van der Waals surface area contributed by atoms with Gasteiger partial charge in [-0.15, -0.1) is 10.2 Å². The number of amides is 2. The molecule has 0 saturated carbocycles. The number of urea groups is 1. The van der Waals surface area contributed by atoms with Gasteiger partial charge in [0, 0.05) is 49.4 Å². The molecule has 3 heterocycles. The molecule has 0 aliphatic carbocycles. The smallest absolute Gasteiger partial charge is 0.322 e. The summed E-state index contributed by atoms with van der Waals surface area (Å²) in [6, 6.07) is 8.44. The van der Waals surface area contributed by atoms with Crippen LogP contribution in [0.5, 0.6) is 0 Å². The lowest BCUT2D eigenvalue weighted by atomic mass is 10.1. The quantitative estimate of drug-likeness (QED) is 0.732. The number of pyridine rings is 1. The predicted octanol–water partition coefficient (Wildman–Crippen LogP) is 3.62. The molecular formula is C20H24N6OS. The number of carbonyl (C=O) groups is 1. The third kappa shape index (κ3) is 3.98. The summed E-state index contributed by atoms with van der Waals surface area (Å²) in [6.07, 6.45) is 1.79. The summed E-state index contributed by atoms with van der Waals surface area (Å²) in [5, 5.41) is 15.1. The standard InChI is InChI=1S/C20H24N6OS/c1-13(2)25-6-8-26(9-7-25)20(27)22-18-11-17-10-15(4-5-16(17)12-21-18)19-24-23-14(3)28-19/h4-5,10-13H,6-9H2,1-3H3,(H,21,22,27). The summed E-state index contributed by atoms with van der Waals surface area (Å²) < 4.78 is 0. The molecule has 7 nitrogen and oxygen atoms in total. The van der Waals surface area contributed by atoms with E-state index in [4.69, 9.17) is 0 Å². The largest absolute Gasteiger partial charge is 0.323 e. The van der Waals surface area contributed by atoms with Crippen molar-refractivity contribution in [2.24, 2.45) is 0 Å². The number of aromatic nitrogens is 3. The molecule has 146 valence electrons. The van der Waals surface area contributed by atoms with Gasteiger partial charge in [0.1, 0.15) is 15.8 Å². The van der Waals surface area contributed by atoms with Crippen molar-refractivity contribution in [2.75, 3.05) is 31.5 Å². The van der Waals surface area contributed by atoms with Gasteiger partial charge in [0.2, 0.25) is 0 Å². The zero-order valence-corrected chi connectivity index (χ0v) is 17.2. The van der Waals surface area contributed by atoms with Crippen molar-refractivity contribution in [3.8, 4) is 10.6 Å². The van der Waals surface area contributed by atoms with E-state index in [0.717, 1.165) is 52.5 Å². The van der Waals surface area contributed by atoms with Crippen molar-refractivity contribution in [2.45, 2.75) is 26.8 Å². The highest BCUT2D eigenvalue weighted by atomic mass is 32.1. The van der Waals surface area contributed by atoms with E-state index in [0.29, 0.717) is 11.9 Å². The molecule has 1 aliphatic heterocycles. The van der Waals surface area contributed by atoms with E-state index >= 15 is 0 Å². The Hall–Kier alpha value is -2.58. The van der Waals surface area contributed by atoms with Crippen LogP contribution in [0.1, 0.15) is 18.9 Å². The number of rotatable bonds is 3. The Bertz CT molecular complexity index is 993. The molecule has 0 radical (unpaired) electrons. The van der Waals surface area contributed by atoms with Gasteiger partial charge in [-0.25, -0.2) is 9.78 Å². The molecule has 3 aromatic rings. The Morgan fingerprint density at radius 2 is 1.89 bits per heavy atom. The zero-order chi connectivity index (χ0) is 19.7. The van der Waals surface area contributed by atoms with Gasteiger partial charge in [0.05, 0.1) is 0 Å². The van der Waals surface area contributed by atoms with Crippen LogP contribution in [0.15, 0.2) is 30.5 Å². The fourth-order valence-electron chi connectivity index (χ4n) is 3.39. The molecular weight excluding hydrogens is 372 g/mol. The highest BCUT2D eigenvalue weighted by molar-refractivity contribution is 7.14. The van der Waals surface area contributed by atoms with Crippen molar-refractivity contribution >= 4 is 34.0 Å². The summed E-state index contributed by atoms with van der Waals surface area (Å²) in [4.78, 5) is 21.2. The maximum absolute atomic E-state index is 12.6. The molecule has 0 atom stereocenters. The molecule has 0 spiro atoms. The van der Waals surface area contributed by atoms with Gasteiger partial charge >= 0.3 is 6.03 Å². The van der Waals surface area contributed by atoms with Gasteiger partial charge in [-0.2, -0.15) is 0 Å². The summed E-state index contributed by atoms with van der Waals surface area (Å²) in [7, 11) is 0. The molecule has 28 heavy (non-hydrogen) atoms. The molecule has 1 fully saturated rings. The van der Waals surface area contributed by atoms with Crippen molar-refractivity contribution in [1.82, 2.24) is 25.0 Å². The third-order valence-corrected chi connectivity index (χ3v) is 5.95. The number of piperazine rings is 1. The van der Waals surface area contributed by atoms with Crippen molar-refractivity contribution in [3.63, 3.8) is 0 Å². The van der Waals surface area contributed by atoms with Crippen LogP contribution in [-0.4, -0.2) is 63.2 Å². The fraction of sp³-hybridized carbons (Fsp3) is 0.400. The Kier molecular flexibility index (Phi) is 5.23. The summed E-state index contributed by atoms with van der Waals surface area (Å²) >= 11 is 1.57. The SMILES string of the molecule is Cc1nnc(-c2ccc3cnc(NC(=O)N4CCN(C(C)C)CC4)cc3c2)s1. The Morgan fingerprint density at radius 1 is 1.11 bits per heavy atom. The van der Waals surface area contributed by atoms with Gasteiger partial charge < -0.3 is 4.90 Å². The van der Waals surface area contributed by atoms with Gasteiger partial charge in [-0.1, -0.05) is 23.5 Å². The fourth-order valence-corrected chi connectivity index (χ4v) is 4.07. The number of anilines is 1. The summed E-state index contributed by atoms with van der Waals surface area (Å²) in [5.41, 5.74) is 1.02. The van der Waals surface area contributed by atoms with Gasteiger partial charge in [0.25, 0.3) is 0 Å². The molecule has 0 bridgehead atoms. The first-order valence-electron chi connectivity index (χ1n) is 9.50. The van der Waals surface area contributed by atoms with Crippen LogP contribution in [0.25, 0.3) is 21.3 Å². The first-order valence-corrected chi connectivity index (χ1v) is 10.3. The molecule has 1 aliphatic rings. The minimum absolute atomic E-state index is 0.0915. The first kappa shape index (κ1) is 18.8. The second-order valence-electron chi connectivity index (χ2n) is 7.30. The van der Waals surface area contributed by atoms with Crippen LogP contribution in [0.4, 0.5) is 10.6 Å². The van der Waals surface area contributed by atoms with Crippen LogP contribution < -0.4 is 5.32 Å². The molecule has 2 aromatic heterocycles. The maximum atomic E-state index is 12.6. The van der Waals surface area contributed by atoms with Crippen LogP contribution >= 0.6 is 11.3 Å². The molecule has 1 N–H and O–H groups in total. The second kappa shape index (κ2) is 7.81. The van der Waals surface area contributed by atoms with Crippen molar-refractivity contribution in [1.29, 1.82) is 0 Å². The number of nitrogens with one attached hydrogen (secondary N) is 1. The minimum atomic E-state index is -0.0915. The Morgan fingerprint density at radius 3 is 2.57 bits per heavy atom. The molecule has 4 rings (SSSR count). The lowest BCUT2D eigenvalue weighted by Gasteiger charge is -2.36. The highest BCUT2D eigenvalue weighted by Gasteiger charge is 2.22. The molecule has 2 amide bonds. The van der Waals surface area contributed by atoms with Gasteiger partial charge in [0.15, 0.2) is 0 Å². The second-order valence-corrected chi connectivity index (χ2v) is 8.49. The lowest BCUT2D eigenvalue weighted by Crippen LogP contribution is -2.51. The summed E-state index contributed by atoms with van der Waals surface area (Å²) in [5.74, 6) is 0.564. The Labute approximate surface area is 168 Å². The molecule has 1 aromatic carbocycles. The monoisotopic (exact) mass is 396 g/mol. The van der Waals surface area contributed by atoms with Gasteiger partial charge in [-0.3, -0.25) is 10.2 Å². The minimum Gasteiger partial charge on any atom is -0.322 e. The van der Waals surface area contributed by atoms with E-state index in [1.165, 1.54) is 0 Å². The number of hydrogen-bond acceptors (Lipinski definition) is 6. The van der Waals surface area contributed by atoms with E-state index in [1.54, 1.807) is 17.5 Å². The molecule has 0 unspecified atom stereocenters. The normalized spacial score (nSPS) is 15.4. The van der Waals surface area contributed by atoms with Crippen molar-refractivity contribution < 1.29 is 4.79 Å². The number of nitrogens with zero attached hydrogens (tertiary/aromatic N) is 5. The topological polar surface area (TPSA) is 74.2 Å². The maximum Gasteiger partial charge on any atom is 0.323 e. The Balaban J connectivity index is 1.49. The lowest BCUT2D eigenvalue weighted by molar-refractivity contribution is 0.125. The average Bonchev–Trinajstić information content (AvgIpc) is 3.14. The van der Waals surface area contributed by atoms with Crippen LogP contribution in [-0.2, 0) is 0 Å². The zero-order valence-electron chi connectivity index (χ0n) is 16.3. The van der Waals surface area contributed by atoms with E-state index in [2.05, 4.69) is 45.3 Å². The summed E-state index contributed by atoms with van der Waals surface area (Å²) in [6.45, 7) is 9.59. The number of hydrogen-bond donors (Lipinski definition) is 1. The highest BCUT2D eigenvalue weighted by Crippen LogP contribution is 2.27. The van der Waals surface area contributed by atoms with E-state index in [1.807, 2.05) is 30.0 Å². The van der Waals surface area contributed by atoms with E-state index in [9.17, 15) is 4.79 Å². The van der Waals surface area contributed by atoms with Crippen LogP contribution in [0, 0.1) is 6.92 Å². The average molecular weight is 397 g/mol. The first-order chi connectivity index (χ1) is 13.5. The third-order valence-electron chi connectivity index (χ3n) is 5.06. The van der Waals surface area contributed by atoms with Gasteiger partial charge in [-0.05, 0) is 38.3 Å². The molecule has 1 saturated heterocycles. The van der Waals surface area contributed by atoms with Crippen molar-refractivity contribution in [3.05, 3.63) is 35.5 Å². The number of fused-ring (bicyclic) bond motifs is 1. The number of benzene rings is 1. The van der Waals surface area contributed by atoms with E-state index < -0.39 is 0 Å². The number of aryl methyl sites for hydroxylation is 1. The number of carbonyl (C=O) groups excluding carboxylic acids is 1.